The molecule has 8 heteroatoms. The molecule has 0 spiro atoms. The fraction of sp³-hybridized carbons (Fsp3) is 0.647. The third kappa shape index (κ3) is 7.43. The van der Waals surface area contributed by atoms with Crippen LogP contribution in [0.3, 0.4) is 0 Å². The van der Waals surface area contributed by atoms with Crippen LogP contribution >= 0.6 is 0 Å². The van der Waals surface area contributed by atoms with Gasteiger partial charge in [0.2, 0.25) is 20.0 Å². The van der Waals surface area contributed by atoms with Crippen molar-refractivity contribution >= 4 is 20.0 Å². The number of rotatable bonds is 9. The number of hydrogen-bond donors (Lipinski definition) is 1. The van der Waals surface area contributed by atoms with Gasteiger partial charge in [0, 0.05) is 19.6 Å². The molecule has 1 aromatic rings. The minimum atomic E-state index is -3.45. The van der Waals surface area contributed by atoms with Gasteiger partial charge < -0.3 is 0 Å². The Kier molecular flexibility index (Phi) is 7.86. The van der Waals surface area contributed by atoms with Gasteiger partial charge in [-0.25, -0.2) is 25.9 Å². The van der Waals surface area contributed by atoms with Crippen LogP contribution in [0.1, 0.15) is 37.7 Å². The zero-order valence-electron chi connectivity index (χ0n) is 14.6. The standard InChI is InChI=1S/C17H28N2O4S2/c20-24(21,15-8-11-17-9-4-3-5-10-17)18-12-16-25(22,23)19-13-6-1-2-7-14-19/h3-5,9-10,18H,1-2,6-8,11-16H2. The lowest BCUT2D eigenvalue weighted by molar-refractivity contribution is 0.423. The topological polar surface area (TPSA) is 83.5 Å². The van der Waals surface area contributed by atoms with Crippen molar-refractivity contribution < 1.29 is 16.8 Å². The maximum Gasteiger partial charge on any atom is 0.215 e. The van der Waals surface area contributed by atoms with Crippen LogP contribution in [0.25, 0.3) is 0 Å². The molecular formula is C17H28N2O4S2. The monoisotopic (exact) mass is 388 g/mol. The maximum absolute atomic E-state index is 12.3. The summed E-state index contributed by atoms with van der Waals surface area (Å²) in [5.74, 6) is -0.170. The molecule has 0 saturated carbocycles. The molecule has 0 radical (unpaired) electrons. The molecule has 0 aromatic heterocycles. The molecular weight excluding hydrogens is 360 g/mol. The number of nitrogens with one attached hydrogen (secondary N) is 1. The molecule has 6 nitrogen and oxygen atoms in total. The third-order valence-electron chi connectivity index (χ3n) is 4.36. The first-order chi connectivity index (χ1) is 11.9. The summed E-state index contributed by atoms with van der Waals surface area (Å²) in [6, 6.07) is 9.71. The second-order valence-electron chi connectivity index (χ2n) is 6.43. The molecule has 1 heterocycles. The lowest BCUT2D eigenvalue weighted by Gasteiger charge is -2.19. The van der Waals surface area contributed by atoms with Gasteiger partial charge in [-0.05, 0) is 31.2 Å². The Morgan fingerprint density at radius 2 is 1.52 bits per heavy atom. The molecule has 0 aliphatic carbocycles. The van der Waals surface area contributed by atoms with E-state index in [1.165, 1.54) is 4.31 Å². The quantitative estimate of drug-likeness (QED) is 0.698. The van der Waals surface area contributed by atoms with E-state index in [1.54, 1.807) is 0 Å². The molecule has 1 fully saturated rings. The van der Waals surface area contributed by atoms with Gasteiger partial charge in [-0.15, -0.1) is 0 Å². The highest BCUT2D eigenvalue weighted by atomic mass is 32.2. The highest BCUT2D eigenvalue weighted by Crippen LogP contribution is 2.13. The highest BCUT2D eigenvalue weighted by Gasteiger charge is 2.23. The Balaban J connectivity index is 1.73. The van der Waals surface area contributed by atoms with Crippen molar-refractivity contribution in [3.63, 3.8) is 0 Å². The number of sulfonamides is 2. The molecule has 1 N–H and O–H groups in total. The van der Waals surface area contributed by atoms with Crippen molar-refractivity contribution in [2.75, 3.05) is 31.1 Å². The molecule has 0 unspecified atom stereocenters. The van der Waals surface area contributed by atoms with Gasteiger partial charge in [-0.2, -0.15) is 0 Å². The summed E-state index contributed by atoms with van der Waals surface area (Å²) < 4.78 is 52.6. The molecule has 25 heavy (non-hydrogen) atoms. The SMILES string of the molecule is O=S(=O)(CCCc1ccccc1)NCCS(=O)(=O)N1CCCCCC1. The summed E-state index contributed by atoms with van der Waals surface area (Å²) in [4.78, 5) is 0. The van der Waals surface area contributed by atoms with Crippen LogP contribution in [-0.4, -0.2) is 52.3 Å². The van der Waals surface area contributed by atoms with E-state index in [4.69, 9.17) is 0 Å². The van der Waals surface area contributed by atoms with Crippen molar-refractivity contribution in [1.82, 2.24) is 9.03 Å². The van der Waals surface area contributed by atoms with Gasteiger partial charge in [-0.1, -0.05) is 43.2 Å². The van der Waals surface area contributed by atoms with Gasteiger partial charge in [0.05, 0.1) is 11.5 Å². The number of aryl methyl sites for hydroxylation is 1. The van der Waals surface area contributed by atoms with E-state index in [0.29, 0.717) is 25.9 Å². The predicted molar refractivity (Wildman–Crippen MR) is 100 cm³/mol. The van der Waals surface area contributed by atoms with Gasteiger partial charge in [0.25, 0.3) is 0 Å². The molecule has 0 atom stereocenters. The fourth-order valence-corrected chi connectivity index (χ4v) is 5.60. The summed E-state index contributed by atoms with van der Waals surface area (Å²) in [5.41, 5.74) is 1.10. The normalized spacial score (nSPS) is 17.3. The van der Waals surface area contributed by atoms with Crippen molar-refractivity contribution in [2.45, 2.75) is 38.5 Å². The summed E-state index contributed by atoms with van der Waals surface area (Å²) in [6.07, 6.45) is 5.07. The van der Waals surface area contributed by atoms with Crippen molar-refractivity contribution in [3.8, 4) is 0 Å². The predicted octanol–water partition coefficient (Wildman–Crippen LogP) is 1.74. The summed E-state index contributed by atoms with van der Waals surface area (Å²) in [6.45, 7) is 1.03. The Morgan fingerprint density at radius 3 is 2.16 bits per heavy atom. The molecule has 1 aliphatic heterocycles. The molecule has 1 aromatic carbocycles. The maximum atomic E-state index is 12.3. The van der Waals surface area contributed by atoms with Crippen LogP contribution in [0.2, 0.25) is 0 Å². The van der Waals surface area contributed by atoms with Crippen LogP contribution in [-0.2, 0) is 26.5 Å². The minimum Gasteiger partial charge on any atom is -0.214 e. The van der Waals surface area contributed by atoms with Crippen molar-refractivity contribution in [1.29, 1.82) is 0 Å². The Hall–Kier alpha value is -0.960. The fourth-order valence-electron chi connectivity index (χ4n) is 2.96. The molecule has 142 valence electrons. The van der Waals surface area contributed by atoms with Gasteiger partial charge in [0.15, 0.2) is 0 Å². The first-order valence-electron chi connectivity index (χ1n) is 8.88. The van der Waals surface area contributed by atoms with E-state index in [0.717, 1.165) is 31.2 Å². The highest BCUT2D eigenvalue weighted by molar-refractivity contribution is 7.90. The zero-order valence-corrected chi connectivity index (χ0v) is 16.2. The van der Waals surface area contributed by atoms with E-state index >= 15 is 0 Å². The van der Waals surface area contributed by atoms with Gasteiger partial charge in [-0.3, -0.25) is 0 Å². The van der Waals surface area contributed by atoms with Crippen LogP contribution in [0, 0.1) is 0 Å². The zero-order chi connectivity index (χ0) is 18.2. The van der Waals surface area contributed by atoms with Crippen LogP contribution < -0.4 is 4.72 Å². The molecule has 1 saturated heterocycles. The van der Waals surface area contributed by atoms with E-state index in [2.05, 4.69) is 4.72 Å². The third-order valence-corrected chi connectivity index (χ3v) is 7.70. The number of nitrogens with zero attached hydrogens (tertiary/aromatic N) is 1. The first-order valence-corrected chi connectivity index (χ1v) is 12.1. The minimum absolute atomic E-state index is 0.00561. The van der Waals surface area contributed by atoms with Crippen molar-refractivity contribution in [2.24, 2.45) is 0 Å². The van der Waals surface area contributed by atoms with E-state index in [9.17, 15) is 16.8 Å². The van der Waals surface area contributed by atoms with Crippen LogP contribution in [0.5, 0.6) is 0 Å². The summed E-state index contributed by atoms with van der Waals surface area (Å²) in [7, 11) is -6.83. The molecule has 0 amide bonds. The smallest absolute Gasteiger partial charge is 0.214 e. The molecule has 2 rings (SSSR count). The van der Waals surface area contributed by atoms with Gasteiger partial charge in [0.1, 0.15) is 0 Å². The molecule has 0 bridgehead atoms. The van der Waals surface area contributed by atoms with Crippen LogP contribution in [0.15, 0.2) is 30.3 Å². The van der Waals surface area contributed by atoms with Crippen molar-refractivity contribution in [3.05, 3.63) is 35.9 Å². The first kappa shape index (κ1) is 20.4. The van der Waals surface area contributed by atoms with Crippen LogP contribution in [0.4, 0.5) is 0 Å². The number of benzene rings is 1. The average Bonchev–Trinajstić information content (AvgIpc) is 2.85. The molecule has 1 aliphatic rings. The second kappa shape index (κ2) is 9.66. The van der Waals surface area contributed by atoms with E-state index in [-0.39, 0.29) is 18.1 Å². The average molecular weight is 389 g/mol. The largest absolute Gasteiger partial charge is 0.215 e. The lowest BCUT2D eigenvalue weighted by Crippen LogP contribution is -2.38. The lowest BCUT2D eigenvalue weighted by atomic mass is 10.1. The Bertz CT molecular complexity index is 710. The Morgan fingerprint density at radius 1 is 0.880 bits per heavy atom. The number of hydrogen-bond acceptors (Lipinski definition) is 4. The summed E-state index contributed by atoms with van der Waals surface area (Å²) in [5, 5.41) is 0. The van der Waals surface area contributed by atoms with E-state index in [1.807, 2.05) is 30.3 Å². The Labute approximate surface area is 151 Å². The second-order valence-corrected chi connectivity index (χ2v) is 10.4. The summed E-state index contributed by atoms with van der Waals surface area (Å²) >= 11 is 0. The van der Waals surface area contributed by atoms with E-state index < -0.39 is 20.0 Å². The van der Waals surface area contributed by atoms with Gasteiger partial charge >= 0.3 is 0 Å².